The molecule has 3 N–H and O–H groups in total. The fraction of sp³-hybridized carbons (Fsp3) is 0.643. The lowest BCUT2D eigenvalue weighted by Gasteiger charge is -2.43. The van der Waals surface area contributed by atoms with Gasteiger partial charge in [-0.05, 0) is 27.2 Å². The number of nitrogen functional groups attached to an aromatic ring is 1. The fourth-order valence-corrected chi connectivity index (χ4v) is 4.57. The number of aromatic nitrogens is 4. The normalized spacial score (nSPS) is 26.3. The molecule has 1 aliphatic rings. The molecule has 0 aliphatic carbocycles. The minimum absolute atomic E-state index is 0.0262. The van der Waals surface area contributed by atoms with E-state index in [1.165, 1.54) is 10.6 Å². The van der Waals surface area contributed by atoms with E-state index < -0.39 is 20.9 Å². The van der Waals surface area contributed by atoms with Crippen LogP contribution in [0.1, 0.15) is 33.2 Å². The second-order valence-electron chi connectivity index (χ2n) is 6.67. The van der Waals surface area contributed by atoms with Crippen molar-refractivity contribution in [3.63, 3.8) is 0 Å². The average molecular weight is 354 g/mol. The Hall–Kier alpha value is -1.78. The first-order valence-electron chi connectivity index (χ1n) is 7.79. The number of rotatable bonds is 3. The number of β-amino-alcohol motifs (C(OH)–C–C–N with tert-alkyl or cyclic N) is 1. The minimum Gasteiger partial charge on any atom is -0.387 e. The molecule has 0 spiro atoms. The molecule has 1 fully saturated rings. The van der Waals surface area contributed by atoms with Gasteiger partial charge in [0.15, 0.2) is 11.5 Å². The van der Waals surface area contributed by atoms with Gasteiger partial charge in [0.25, 0.3) is 0 Å². The first kappa shape index (κ1) is 17.1. The molecule has 0 radical (unpaired) electrons. The van der Waals surface area contributed by atoms with Gasteiger partial charge in [0.2, 0.25) is 10.0 Å². The molecule has 1 saturated heterocycles. The van der Waals surface area contributed by atoms with Crippen molar-refractivity contribution >= 4 is 27.0 Å². The molecule has 3 rings (SSSR count). The van der Waals surface area contributed by atoms with E-state index in [1.54, 1.807) is 31.7 Å². The number of nitrogens with two attached hydrogens (primary N) is 1. The molecule has 2 aromatic heterocycles. The molecule has 24 heavy (non-hydrogen) atoms. The van der Waals surface area contributed by atoms with E-state index >= 15 is 0 Å². The van der Waals surface area contributed by atoms with E-state index in [2.05, 4.69) is 15.0 Å². The van der Waals surface area contributed by atoms with Crippen LogP contribution in [0, 0.1) is 0 Å². The van der Waals surface area contributed by atoms with E-state index in [0.29, 0.717) is 24.1 Å². The van der Waals surface area contributed by atoms with Crippen LogP contribution < -0.4 is 5.73 Å². The highest BCUT2D eigenvalue weighted by atomic mass is 32.2. The zero-order chi connectivity index (χ0) is 17.7. The highest BCUT2D eigenvalue weighted by Crippen LogP contribution is 2.35. The highest BCUT2D eigenvalue weighted by Gasteiger charge is 2.44. The number of piperidine rings is 1. The van der Waals surface area contributed by atoms with Crippen LogP contribution in [0.5, 0.6) is 0 Å². The maximum absolute atomic E-state index is 12.4. The van der Waals surface area contributed by atoms with Crippen LogP contribution in [0.4, 0.5) is 5.82 Å². The van der Waals surface area contributed by atoms with Gasteiger partial charge in [-0.3, -0.25) is 0 Å². The van der Waals surface area contributed by atoms with Crippen molar-refractivity contribution in [1.82, 2.24) is 23.8 Å². The number of fused-ring (bicyclic) bond motifs is 1. The van der Waals surface area contributed by atoms with Crippen LogP contribution in [0.25, 0.3) is 11.2 Å². The third-order valence-corrected chi connectivity index (χ3v) is 6.77. The van der Waals surface area contributed by atoms with E-state index in [9.17, 15) is 13.5 Å². The van der Waals surface area contributed by atoms with Crippen LogP contribution in [0.2, 0.25) is 0 Å². The Labute approximate surface area is 140 Å². The van der Waals surface area contributed by atoms with Crippen LogP contribution in [-0.4, -0.2) is 61.3 Å². The Kier molecular flexibility index (Phi) is 4.01. The second kappa shape index (κ2) is 5.64. The number of hydrogen-bond acceptors (Lipinski definition) is 7. The summed E-state index contributed by atoms with van der Waals surface area (Å²) in [7, 11) is -3.41. The molecule has 3 heterocycles. The predicted molar refractivity (Wildman–Crippen MR) is 89.6 cm³/mol. The van der Waals surface area contributed by atoms with E-state index in [0.717, 1.165) is 0 Å². The van der Waals surface area contributed by atoms with Crippen molar-refractivity contribution in [3.05, 3.63) is 12.7 Å². The number of anilines is 1. The molecule has 0 aromatic carbocycles. The summed E-state index contributed by atoms with van der Waals surface area (Å²) >= 11 is 0. The topological polar surface area (TPSA) is 127 Å². The van der Waals surface area contributed by atoms with E-state index in [-0.39, 0.29) is 18.4 Å². The molecule has 0 unspecified atom stereocenters. The van der Waals surface area contributed by atoms with Crippen molar-refractivity contribution in [3.8, 4) is 0 Å². The van der Waals surface area contributed by atoms with E-state index in [1.807, 2.05) is 0 Å². The summed E-state index contributed by atoms with van der Waals surface area (Å²) in [5.74, 6) is 0.276. The highest BCUT2D eigenvalue weighted by molar-refractivity contribution is 7.89. The van der Waals surface area contributed by atoms with E-state index in [4.69, 9.17) is 5.73 Å². The van der Waals surface area contributed by atoms with Gasteiger partial charge in [-0.2, -0.15) is 4.31 Å². The van der Waals surface area contributed by atoms with Crippen molar-refractivity contribution < 1.29 is 13.5 Å². The van der Waals surface area contributed by atoms with Gasteiger partial charge in [-0.15, -0.1) is 0 Å². The second-order valence-corrected chi connectivity index (χ2v) is 9.16. The van der Waals surface area contributed by atoms with Crippen LogP contribution in [-0.2, 0) is 10.0 Å². The summed E-state index contributed by atoms with van der Waals surface area (Å²) in [6.45, 7) is 5.27. The molecular weight excluding hydrogens is 332 g/mol. The summed E-state index contributed by atoms with van der Waals surface area (Å²) in [4.78, 5) is 12.3. The Morgan fingerprint density at radius 2 is 2.08 bits per heavy atom. The number of nitrogens with zero attached hydrogens (tertiary/aromatic N) is 5. The standard InChI is InChI=1S/C14H22N6O3S/c1-9(2)24(22,23)19-5-4-10(14(3,21)6-19)20-8-18-11-12(15)16-7-17-13(11)20/h7-10,21H,4-6H2,1-3H3,(H2,15,16,17)/t10-,14-/m1/s1. The number of sulfonamides is 1. The minimum atomic E-state index is -3.41. The Morgan fingerprint density at radius 1 is 1.38 bits per heavy atom. The summed E-state index contributed by atoms with van der Waals surface area (Å²) in [6, 6.07) is -0.351. The van der Waals surface area contributed by atoms with Gasteiger partial charge in [0, 0.05) is 13.1 Å². The van der Waals surface area contributed by atoms with Crippen molar-refractivity contribution in [2.75, 3.05) is 18.8 Å². The zero-order valence-electron chi connectivity index (χ0n) is 13.9. The van der Waals surface area contributed by atoms with Gasteiger partial charge in [-0.25, -0.2) is 23.4 Å². The summed E-state index contributed by atoms with van der Waals surface area (Å²) in [5, 5.41) is 10.4. The van der Waals surface area contributed by atoms with Crippen LogP contribution in [0.3, 0.4) is 0 Å². The van der Waals surface area contributed by atoms with Gasteiger partial charge < -0.3 is 15.4 Å². The first-order chi connectivity index (χ1) is 11.1. The average Bonchev–Trinajstić information content (AvgIpc) is 2.91. The molecule has 0 bridgehead atoms. The summed E-state index contributed by atoms with van der Waals surface area (Å²) in [6.07, 6.45) is 3.37. The van der Waals surface area contributed by atoms with Gasteiger partial charge in [0.1, 0.15) is 11.8 Å². The Balaban J connectivity index is 1.95. The molecule has 9 nitrogen and oxygen atoms in total. The molecule has 0 saturated carbocycles. The van der Waals surface area contributed by atoms with Crippen molar-refractivity contribution in [2.45, 2.75) is 44.1 Å². The maximum Gasteiger partial charge on any atom is 0.216 e. The Morgan fingerprint density at radius 3 is 2.71 bits per heavy atom. The summed E-state index contributed by atoms with van der Waals surface area (Å²) in [5.41, 5.74) is 5.56. The van der Waals surface area contributed by atoms with Gasteiger partial charge in [0.05, 0.1) is 23.2 Å². The molecule has 1 aliphatic heterocycles. The molecule has 0 amide bonds. The maximum atomic E-state index is 12.4. The van der Waals surface area contributed by atoms with Crippen LogP contribution >= 0.6 is 0 Å². The lowest BCUT2D eigenvalue weighted by Crippen LogP contribution is -2.55. The van der Waals surface area contributed by atoms with Gasteiger partial charge in [-0.1, -0.05) is 0 Å². The Bertz CT molecular complexity index is 861. The smallest absolute Gasteiger partial charge is 0.216 e. The number of hydrogen-bond donors (Lipinski definition) is 2. The molecule has 2 atom stereocenters. The summed E-state index contributed by atoms with van der Waals surface area (Å²) < 4.78 is 27.9. The quantitative estimate of drug-likeness (QED) is 0.802. The lowest BCUT2D eigenvalue weighted by atomic mass is 9.90. The molecule has 10 heteroatoms. The fourth-order valence-electron chi connectivity index (χ4n) is 3.17. The SMILES string of the molecule is CC(C)S(=O)(=O)N1CC[C@@H](n2cnc3c(N)ncnc32)[C@](C)(O)C1. The molecule has 2 aromatic rings. The third-order valence-electron chi connectivity index (χ3n) is 4.54. The van der Waals surface area contributed by atoms with Crippen LogP contribution in [0.15, 0.2) is 12.7 Å². The largest absolute Gasteiger partial charge is 0.387 e. The third kappa shape index (κ3) is 2.64. The first-order valence-corrected chi connectivity index (χ1v) is 9.29. The lowest BCUT2D eigenvalue weighted by molar-refractivity contribution is -0.0346. The monoisotopic (exact) mass is 354 g/mol. The van der Waals surface area contributed by atoms with Gasteiger partial charge >= 0.3 is 0 Å². The zero-order valence-corrected chi connectivity index (χ0v) is 14.7. The number of imidazole rings is 1. The molecular formula is C14H22N6O3S. The van der Waals surface area contributed by atoms with Crippen molar-refractivity contribution in [2.24, 2.45) is 0 Å². The van der Waals surface area contributed by atoms with Crippen molar-refractivity contribution in [1.29, 1.82) is 0 Å². The molecule has 132 valence electrons. The number of aliphatic hydroxyl groups is 1. The predicted octanol–water partition coefficient (Wildman–Crippen LogP) is 0.145.